The number of aromatic nitrogens is 2. The number of aryl methyl sites for hydroxylation is 2. The molecule has 0 unspecified atom stereocenters. The van der Waals surface area contributed by atoms with Crippen LogP contribution in [0.25, 0.3) is 11.1 Å². The number of azo groups is 1. The monoisotopic (exact) mass is 480 g/mol. The van der Waals surface area contributed by atoms with Crippen molar-refractivity contribution in [1.82, 2.24) is 9.78 Å². The van der Waals surface area contributed by atoms with Crippen molar-refractivity contribution < 1.29 is 29.0 Å². The molecule has 1 heterocycles. The summed E-state index contributed by atoms with van der Waals surface area (Å²) in [5.74, 6) is -2.31. The summed E-state index contributed by atoms with van der Waals surface area (Å²) >= 11 is 0. The highest BCUT2D eigenvalue weighted by Gasteiger charge is 2.23. The zero-order valence-electron chi connectivity index (χ0n) is 19.4. The van der Waals surface area contributed by atoms with Crippen molar-refractivity contribution >= 4 is 29.3 Å². The molecule has 0 saturated heterocycles. The van der Waals surface area contributed by atoms with Crippen molar-refractivity contribution in [3.63, 3.8) is 0 Å². The summed E-state index contributed by atoms with van der Waals surface area (Å²) in [7, 11) is 2.44. The summed E-state index contributed by atoms with van der Waals surface area (Å²) in [5.41, 5.74) is 1.72. The van der Waals surface area contributed by atoms with E-state index in [1.54, 1.807) is 43.3 Å². The van der Waals surface area contributed by atoms with E-state index >= 15 is 0 Å². The first kappa shape index (κ1) is 25.1. The Morgan fingerprint density at radius 3 is 2.43 bits per heavy atom. The number of esters is 2. The third-order valence-corrected chi connectivity index (χ3v) is 5.16. The van der Waals surface area contributed by atoms with Crippen molar-refractivity contribution in [3.05, 3.63) is 69.6 Å². The summed E-state index contributed by atoms with van der Waals surface area (Å²) in [6.07, 6.45) is 0.236. The van der Waals surface area contributed by atoms with Crippen LogP contribution >= 0.6 is 0 Å². The molecule has 0 saturated carbocycles. The lowest BCUT2D eigenvalue weighted by Crippen LogP contribution is -2.17. The number of carboxylic acid groups (broad SMARTS) is 1. The molecule has 1 aromatic heterocycles. The number of aromatic amines is 1. The van der Waals surface area contributed by atoms with Crippen LogP contribution in [0, 0.1) is 6.92 Å². The van der Waals surface area contributed by atoms with Gasteiger partial charge in [-0.15, -0.1) is 5.11 Å². The second-order valence-corrected chi connectivity index (χ2v) is 7.50. The fraction of sp³-hybridized carbons (Fsp3) is 0.250. The van der Waals surface area contributed by atoms with Gasteiger partial charge in [0.2, 0.25) is 0 Å². The minimum absolute atomic E-state index is 0.0567. The summed E-state index contributed by atoms with van der Waals surface area (Å²) in [5, 5.41) is 19.9. The molecule has 3 rings (SSSR count). The van der Waals surface area contributed by atoms with Gasteiger partial charge in [-0.1, -0.05) is 24.3 Å². The average molecular weight is 480 g/mol. The van der Waals surface area contributed by atoms with E-state index < -0.39 is 23.5 Å². The van der Waals surface area contributed by atoms with E-state index in [0.717, 1.165) is 0 Å². The van der Waals surface area contributed by atoms with E-state index in [0.29, 0.717) is 28.9 Å². The van der Waals surface area contributed by atoms with Crippen molar-refractivity contribution in [2.24, 2.45) is 10.2 Å². The molecule has 0 aliphatic heterocycles. The fourth-order valence-electron chi connectivity index (χ4n) is 3.50. The van der Waals surface area contributed by atoms with Gasteiger partial charge in [0.05, 0.1) is 36.7 Å². The Labute approximate surface area is 200 Å². The van der Waals surface area contributed by atoms with Gasteiger partial charge in [-0.05, 0) is 42.7 Å². The third-order valence-electron chi connectivity index (χ3n) is 5.16. The summed E-state index contributed by atoms with van der Waals surface area (Å²) < 4.78 is 11.0. The van der Waals surface area contributed by atoms with Gasteiger partial charge in [0.25, 0.3) is 5.56 Å². The van der Waals surface area contributed by atoms with Crippen LogP contribution in [0.5, 0.6) is 0 Å². The molecule has 0 spiro atoms. The normalized spacial score (nSPS) is 10.9. The molecule has 0 aliphatic carbocycles. The number of carbonyl (C=O) groups is 3. The van der Waals surface area contributed by atoms with E-state index in [2.05, 4.69) is 15.3 Å². The highest BCUT2D eigenvalue weighted by Crippen LogP contribution is 2.31. The number of rotatable bonds is 9. The second kappa shape index (κ2) is 11.1. The highest BCUT2D eigenvalue weighted by molar-refractivity contribution is 6.07. The van der Waals surface area contributed by atoms with Gasteiger partial charge < -0.3 is 14.6 Å². The number of nitrogens with zero attached hydrogens (tertiary/aromatic N) is 3. The number of H-pyrrole nitrogens is 1. The molecule has 0 radical (unpaired) electrons. The largest absolute Gasteiger partial charge is 0.481 e. The zero-order valence-corrected chi connectivity index (χ0v) is 19.4. The SMILES string of the molecule is COC(=O)c1cccc(-c2cccc(N=Nc3c(C)[nH]n(CCCC(=O)O)c3=O)c2)c1C(=O)OC. The average Bonchev–Trinajstić information content (AvgIpc) is 3.13. The first-order chi connectivity index (χ1) is 16.8. The predicted molar refractivity (Wildman–Crippen MR) is 125 cm³/mol. The number of aliphatic carboxylic acids is 1. The molecule has 182 valence electrons. The zero-order chi connectivity index (χ0) is 25.5. The van der Waals surface area contributed by atoms with Gasteiger partial charge in [-0.3, -0.25) is 19.4 Å². The van der Waals surface area contributed by atoms with Gasteiger partial charge in [0.1, 0.15) is 0 Å². The first-order valence-corrected chi connectivity index (χ1v) is 10.6. The Balaban J connectivity index is 1.95. The molecular weight excluding hydrogens is 456 g/mol. The van der Waals surface area contributed by atoms with Gasteiger partial charge >= 0.3 is 17.9 Å². The number of hydrogen-bond donors (Lipinski definition) is 2. The second-order valence-electron chi connectivity index (χ2n) is 7.50. The summed E-state index contributed by atoms with van der Waals surface area (Å²) in [6.45, 7) is 1.88. The smallest absolute Gasteiger partial charge is 0.339 e. The molecule has 35 heavy (non-hydrogen) atoms. The molecule has 11 nitrogen and oxygen atoms in total. The molecular formula is C24H24N4O7. The van der Waals surface area contributed by atoms with Crippen LogP contribution in [-0.2, 0) is 20.8 Å². The Bertz CT molecular complexity index is 1350. The van der Waals surface area contributed by atoms with Crippen molar-refractivity contribution in [2.45, 2.75) is 26.3 Å². The van der Waals surface area contributed by atoms with Crippen LogP contribution in [-0.4, -0.2) is 47.0 Å². The lowest BCUT2D eigenvalue weighted by atomic mass is 9.95. The lowest BCUT2D eigenvalue weighted by molar-refractivity contribution is -0.137. The molecule has 0 aliphatic rings. The minimum Gasteiger partial charge on any atom is -0.481 e. The standard InChI is InChI=1S/C24H24N4O7/c1-14-21(22(31)28(27-14)12-6-11-19(29)30)26-25-16-8-4-7-15(13-16)17-9-5-10-18(23(32)34-2)20(17)24(33)35-3/h4-5,7-10,13,27H,6,11-12H2,1-3H3,(H,29,30). The van der Waals surface area contributed by atoms with E-state index in [4.69, 9.17) is 14.6 Å². The Kier molecular flexibility index (Phi) is 7.92. The van der Waals surface area contributed by atoms with E-state index in [1.165, 1.54) is 25.0 Å². The van der Waals surface area contributed by atoms with Crippen LogP contribution in [0.2, 0.25) is 0 Å². The van der Waals surface area contributed by atoms with E-state index in [1.807, 2.05) is 0 Å². The third kappa shape index (κ3) is 5.69. The predicted octanol–water partition coefficient (Wildman–Crippen LogP) is 4.01. The highest BCUT2D eigenvalue weighted by atomic mass is 16.5. The van der Waals surface area contributed by atoms with Crippen LogP contribution < -0.4 is 5.56 Å². The number of methoxy groups -OCH3 is 2. The number of nitrogens with one attached hydrogen (secondary N) is 1. The molecule has 3 aromatic rings. The summed E-state index contributed by atoms with van der Waals surface area (Å²) in [4.78, 5) is 48.0. The van der Waals surface area contributed by atoms with Crippen LogP contribution in [0.4, 0.5) is 11.4 Å². The van der Waals surface area contributed by atoms with Gasteiger partial charge in [0, 0.05) is 13.0 Å². The molecule has 11 heteroatoms. The van der Waals surface area contributed by atoms with Crippen molar-refractivity contribution in [2.75, 3.05) is 14.2 Å². The van der Waals surface area contributed by atoms with Crippen molar-refractivity contribution in [1.29, 1.82) is 0 Å². The van der Waals surface area contributed by atoms with Crippen molar-refractivity contribution in [3.8, 4) is 11.1 Å². The Morgan fingerprint density at radius 2 is 1.74 bits per heavy atom. The maximum atomic E-state index is 12.6. The minimum atomic E-state index is -0.936. The maximum Gasteiger partial charge on any atom is 0.339 e. The van der Waals surface area contributed by atoms with Crippen LogP contribution in [0.1, 0.15) is 39.3 Å². The van der Waals surface area contributed by atoms with Gasteiger partial charge in [0.15, 0.2) is 5.69 Å². The first-order valence-electron chi connectivity index (χ1n) is 10.6. The maximum absolute atomic E-state index is 12.6. The Hall–Kier alpha value is -4.54. The topological polar surface area (TPSA) is 152 Å². The molecule has 0 amide bonds. The van der Waals surface area contributed by atoms with Gasteiger partial charge in [-0.2, -0.15) is 5.11 Å². The molecule has 0 bridgehead atoms. The number of ether oxygens (including phenoxy) is 2. The lowest BCUT2D eigenvalue weighted by Gasteiger charge is -2.12. The van der Waals surface area contributed by atoms with E-state index in [-0.39, 0.29) is 29.8 Å². The molecule has 2 N–H and O–H groups in total. The van der Waals surface area contributed by atoms with Crippen LogP contribution in [0.3, 0.4) is 0 Å². The summed E-state index contributed by atoms with van der Waals surface area (Å²) in [6, 6.07) is 11.5. The number of carbonyl (C=O) groups excluding carboxylic acids is 2. The molecule has 2 aromatic carbocycles. The quantitative estimate of drug-likeness (QED) is 0.347. The van der Waals surface area contributed by atoms with E-state index in [9.17, 15) is 19.2 Å². The Morgan fingerprint density at radius 1 is 1.03 bits per heavy atom. The number of hydrogen-bond acceptors (Lipinski definition) is 8. The fourth-order valence-corrected chi connectivity index (χ4v) is 3.50. The number of carboxylic acids is 1. The van der Waals surface area contributed by atoms with Gasteiger partial charge in [-0.25, -0.2) is 9.59 Å². The molecule has 0 fully saturated rings. The molecule has 0 atom stereocenters. The number of benzene rings is 2. The van der Waals surface area contributed by atoms with Crippen LogP contribution in [0.15, 0.2) is 57.5 Å².